The van der Waals surface area contributed by atoms with Crippen LogP contribution in [0.15, 0.2) is 4.79 Å². The Morgan fingerprint density at radius 2 is 1.90 bits per heavy atom. The van der Waals surface area contributed by atoms with Gasteiger partial charge in [0.15, 0.2) is 11.2 Å². The number of carbonyl (C=O) groups excluding carboxylic acids is 1. The van der Waals surface area contributed by atoms with Crippen LogP contribution in [0.3, 0.4) is 0 Å². The maximum absolute atomic E-state index is 11.7. The van der Waals surface area contributed by atoms with E-state index in [0.29, 0.717) is 36.7 Å². The van der Waals surface area contributed by atoms with E-state index in [1.807, 2.05) is 0 Å². The predicted octanol–water partition coefficient (Wildman–Crippen LogP) is 0.0433. The molecule has 0 unspecified atom stereocenters. The van der Waals surface area contributed by atoms with Crippen molar-refractivity contribution in [2.24, 2.45) is 5.92 Å². The summed E-state index contributed by atoms with van der Waals surface area (Å²) < 4.78 is 1.71. The van der Waals surface area contributed by atoms with Crippen LogP contribution in [-0.2, 0) is 11.3 Å². The topological polar surface area (TPSA) is 133 Å². The lowest BCUT2D eigenvalue weighted by Crippen LogP contribution is -2.20. The van der Waals surface area contributed by atoms with Gasteiger partial charge in [0.05, 0.1) is 0 Å². The van der Waals surface area contributed by atoms with Gasteiger partial charge in [-0.1, -0.05) is 0 Å². The Labute approximate surface area is 114 Å². The zero-order valence-electron chi connectivity index (χ0n) is 10.9. The summed E-state index contributed by atoms with van der Waals surface area (Å²) in [5.74, 6) is 0.946. The van der Waals surface area contributed by atoms with Gasteiger partial charge in [0.1, 0.15) is 5.78 Å². The van der Waals surface area contributed by atoms with Crippen molar-refractivity contribution >= 4 is 28.8 Å². The van der Waals surface area contributed by atoms with E-state index in [0.717, 1.165) is 12.8 Å². The Bertz CT molecular complexity index is 721. The maximum Gasteiger partial charge on any atom is 0.280 e. The molecule has 0 saturated heterocycles. The number of imidazole rings is 1. The second-order valence-corrected chi connectivity index (χ2v) is 5.19. The van der Waals surface area contributed by atoms with E-state index >= 15 is 0 Å². The Hall–Kier alpha value is -2.38. The summed E-state index contributed by atoms with van der Waals surface area (Å²) in [5, 5.41) is 0. The summed E-state index contributed by atoms with van der Waals surface area (Å²) in [7, 11) is 0. The van der Waals surface area contributed by atoms with Gasteiger partial charge in [-0.3, -0.25) is 19.1 Å². The van der Waals surface area contributed by atoms with Crippen molar-refractivity contribution < 1.29 is 4.79 Å². The molecule has 8 nitrogen and oxygen atoms in total. The van der Waals surface area contributed by atoms with Crippen LogP contribution in [0, 0.1) is 5.92 Å². The third-order valence-corrected chi connectivity index (χ3v) is 3.76. The minimum atomic E-state index is -0.392. The van der Waals surface area contributed by atoms with Crippen LogP contribution >= 0.6 is 0 Å². The standard InChI is InChI=1S/C12H16N6O2/c13-11-16-9-8(10(20)17-11)15-12(14)18(9)5-6-1-3-7(19)4-2-6/h6H,1-5H2,(H2,14,15)(H3,13,16,17,20). The highest BCUT2D eigenvalue weighted by Crippen LogP contribution is 2.25. The van der Waals surface area contributed by atoms with Crippen molar-refractivity contribution in [2.75, 3.05) is 11.5 Å². The highest BCUT2D eigenvalue weighted by Gasteiger charge is 2.22. The molecule has 0 radical (unpaired) electrons. The van der Waals surface area contributed by atoms with Crippen molar-refractivity contribution in [3.05, 3.63) is 10.4 Å². The monoisotopic (exact) mass is 276 g/mol. The van der Waals surface area contributed by atoms with E-state index in [2.05, 4.69) is 15.0 Å². The number of aromatic amines is 1. The minimum absolute atomic E-state index is 0.0440. The molecule has 0 spiro atoms. The predicted molar refractivity (Wildman–Crippen MR) is 73.9 cm³/mol. The Kier molecular flexibility index (Phi) is 2.92. The van der Waals surface area contributed by atoms with Crippen LogP contribution < -0.4 is 17.0 Å². The van der Waals surface area contributed by atoms with Gasteiger partial charge in [-0.2, -0.15) is 4.98 Å². The molecule has 8 heteroatoms. The number of nitrogen functional groups attached to an aromatic ring is 2. The van der Waals surface area contributed by atoms with Crippen LogP contribution in [0.5, 0.6) is 0 Å². The number of rotatable bonds is 2. The lowest BCUT2D eigenvalue weighted by Gasteiger charge is -2.21. The van der Waals surface area contributed by atoms with Crippen LogP contribution in [-0.4, -0.2) is 25.3 Å². The number of hydrogen-bond acceptors (Lipinski definition) is 6. The first-order valence-electron chi connectivity index (χ1n) is 6.58. The molecule has 0 aromatic carbocycles. The molecule has 20 heavy (non-hydrogen) atoms. The molecule has 5 N–H and O–H groups in total. The van der Waals surface area contributed by atoms with Crippen molar-refractivity contribution in [1.29, 1.82) is 0 Å². The van der Waals surface area contributed by atoms with E-state index in [4.69, 9.17) is 11.5 Å². The first kappa shape index (κ1) is 12.6. The summed E-state index contributed by atoms with van der Waals surface area (Å²) in [6.45, 7) is 0.603. The molecule has 1 aliphatic rings. The fourth-order valence-corrected chi connectivity index (χ4v) is 2.66. The van der Waals surface area contributed by atoms with Crippen LogP contribution in [0.1, 0.15) is 25.7 Å². The summed E-state index contributed by atoms with van der Waals surface area (Å²) >= 11 is 0. The highest BCUT2D eigenvalue weighted by molar-refractivity contribution is 5.79. The van der Waals surface area contributed by atoms with Gasteiger partial charge in [0, 0.05) is 19.4 Å². The molecule has 2 heterocycles. The van der Waals surface area contributed by atoms with Crippen LogP contribution in [0.2, 0.25) is 0 Å². The van der Waals surface area contributed by atoms with Gasteiger partial charge >= 0.3 is 0 Å². The highest BCUT2D eigenvalue weighted by atomic mass is 16.1. The molecule has 0 aliphatic heterocycles. The molecule has 2 aromatic heterocycles. The zero-order valence-corrected chi connectivity index (χ0v) is 10.9. The number of nitrogens with two attached hydrogens (primary N) is 2. The SMILES string of the molecule is Nc1nc2c(nc(N)n2CC2CCC(=O)CC2)c(=O)[nH]1. The molecule has 1 saturated carbocycles. The number of hydrogen-bond donors (Lipinski definition) is 3. The van der Waals surface area contributed by atoms with Gasteiger partial charge in [-0.15, -0.1) is 0 Å². The molecule has 1 fully saturated rings. The van der Waals surface area contributed by atoms with E-state index in [-0.39, 0.29) is 17.4 Å². The van der Waals surface area contributed by atoms with Crippen molar-refractivity contribution in [2.45, 2.75) is 32.2 Å². The summed E-state index contributed by atoms with van der Waals surface area (Å²) in [4.78, 5) is 33.6. The number of H-pyrrole nitrogens is 1. The van der Waals surface area contributed by atoms with Gasteiger partial charge in [-0.05, 0) is 18.8 Å². The summed E-state index contributed by atoms with van der Waals surface area (Å²) in [6.07, 6.45) is 2.87. The molecule has 1 aliphatic carbocycles. The largest absolute Gasteiger partial charge is 0.369 e. The number of nitrogens with zero attached hydrogens (tertiary/aromatic N) is 3. The number of anilines is 2. The third-order valence-electron chi connectivity index (χ3n) is 3.76. The lowest BCUT2D eigenvalue weighted by atomic mass is 9.88. The molecule has 3 rings (SSSR count). The van der Waals surface area contributed by atoms with E-state index in [1.165, 1.54) is 0 Å². The fraction of sp³-hybridized carbons (Fsp3) is 0.500. The van der Waals surface area contributed by atoms with Crippen molar-refractivity contribution in [3.63, 3.8) is 0 Å². The normalized spacial score (nSPS) is 16.9. The first-order chi connectivity index (χ1) is 9.54. The van der Waals surface area contributed by atoms with Crippen molar-refractivity contribution in [3.8, 4) is 0 Å². The number of Topliss-reactive ketones (excluding diaryl/α,β-unsaturated/α-hetero) is 1. The van der Waals surface area contributed by atoms with E-state index in [9.17, 15) is 9.59 Å². The van der Waals surface area contributed by atoms with Gasteiger partial charge in [0.2, 0.25) is 11.9 Å². The van der Waals surface area contributed by atoms with Gasteiger partial charge in [0.25, 0.3) is 5.56 Å². The number of nitrogens with one attached hydrogen (secondary N) is 1. The summed E-state index contributed by atoms with van der Waals surface area (Å²) in [5.41, 5.74) is 11.6. The maximum atomic E-state index is 11.7. The average molecular weight is 276 g/mol. The minimum Gasteiger partial charge on any atom is -0.369 e. The Balaban J connectivity index is 1.97. The Morgan fingerprint density at radius 3 is 2.60 bits per heavy atom. The molecule has 2 aromatic rings. The third kappa shape index (κ3) is 2.13. The average Bonchev–Trinajstić information content (AvgIpc) is 2.70. The summed E-state index contributed by atoms with van der Waals surface area (Å²) in [6, 6.07) is 0. The molecular formula is C12H16N6O2. The molecular weight excluding hydrogens is 260 g/mol. The van der Waals surface area contributed by atoms with Gasteiger partial charge < -0.3 is 11.5 Å². The zero-order chi connectivity index (χ0) is 14.3. The lowest BCUT2D eigenvalue weighted by molar-refractivity contribution is -0.121. The van der Waals surface area contributed by atoms with Gasteiger partial charge in [-0.25, -0.2) is 4.98 Å². The second kappa shape index (κ2) is 4.62. The number of carbonyl (C=O) groups is 1. The van der Waals surface area contributed by atoms with Crippen molar-refractivity contribution in [1.82, 2.24) is 19.5 Å². The molecule has 0 bridgehead atoms. The smallest absolute Gasteiger partial charge is 0.280 e. The number of aromatic nitrogens is 4. The molecule has 0 amide bonds. The first-order valence-corrected chi connectivity index (χ1v) is 6.58. The van der Waals surface area contributed by atoms with E-state index < -0.39 is 5.56 Å². The molecule has 0 atom stereocenters. The number of ketones is 1. The quantitative estimate of drug-likeness (QED) is 0.709. The van der Waals surface area contributed by atoms with Crippen LogP contribution in [0.25, 0.3) is 11.2 Å². The Morgan fingerprint density at radius 1 is 1.20 bits per heavy atom. The molecule has 106 valence electrons. The van der Waals surface area contributed by atoms with Crippen LogP contribution in [0.4, 0.5) is 11.9 Å². The van der Waals surface area contributed by atoms with E-state index in [1.54, 1.807) is 4.57 Å². The number of fused-ring (bicyclic) bond motifs is 1. The second-order valence-electron chi connectivity index (χ2n) is 5.19. The fourth-order valence-electron chi connectivity index (χ4n) is 2.66.